The Balaban J connectivity index is 1.78. The number of aromatic nitrogens is 1. The molecule has 1 atom stereocenters. The van der Waals surface area contributed by atoms with E-state index in [0.29, 0.717) is 12.1 Å². The molecule has 0 amide bonds. The molecule has 3 heteroatoms. The predicted octanol–water partition coefficient (Wildman–Crippen LogP) is 2.83. The van der Waals surface area contributed by atoms with Crippen LogP contribution in [0.25, 0.3) is 0 Å². The summed E-state index contributed by atoms with van der Waals surface area (Å²) in [7, 11) is 0. The number of piperidine rings is 1. The average Bonchev–Trinajstić information content (AvgIpc) is 2.41. The van der Waals surface area contributed by atoms with Gasteiger partial charge in [-0.05, 0) is 38.3 Å². The Labute approximate surface area is 111 Å². The zero-order chi connectivity index (χ0) is 12.8. The fourth-order valence-corrected chi connectivity index (χ4v) is 2.78. The van der Waals surface area contributed by atoms with Gasteiger partial charge in [0.25, 0.3) is 0 Å². The van der Waals surface area contributed by atoms with E-state index in [2.05, 4.69) is 41.2 Å². The van der Waals surface area contributed by atoms with Gasteiger partial charge in [0, 0.05) is 43.3 Å². The van der Waals surface area contributed by atoms with Gasteiger partial charge >= 0.3 is 0 Å². The molecule has 0 radical (unpaired) electrons. The van der Waals surface area contributed by atoms with Gasteiger partial charge in [-0.1, -0.05) is 13.3 Å². The molecule has 0 aliphatic carbocycles. The van der Waals surface area contributed by atoms with Crippen LogP contribution in [0, 0.1) is 0 Å². The molecule has 2 heterocycles. The van der Waals surface area contributed by atoms with Crippen LogP contribution in [0.1, 0.15) is 39.5 Å². The quantitative estimate of drug-likeness (QED) is 0.867. The first-order valence-electron chi connectivity index (χ1n) is 7.20. The van der Waals surface area contributed by atoms with Crippen LogP contribution in [0.2, 0.25) is 0 Å². The van der Waals surface area contributed by atoms with Gasteiger partial charge in [-0.2, -0.15) is 0 Å². The maximum atomic E-state index is 4.08. The molecule has 1 aromatic heterocycles. The molecule has 1 N–H and O–H groups in total. The Morgan fingerprint density at radius 3 is 2.61 bits per heavy atom. The second-order valence-electron chi connectivity index (χ2n) is 5.32. The maximum absolute atomic E-state index is 4.08. The summed E-state index contributed by atoms with van der Waals surface area (Å²) in [6.45, 7) is 6.87. The Kier molecular flexibility index (Phi) is 5.00. The van der Waals surface area contributed by atoms with Crippen LogP contribution in [-0.2, 0) is 0 Å². The van der Waals surface area contributed by atoms with Crippen molar-refractivity contribution in [1.29, 1.82) is 0 Å². The van der Waals surface area contributed by atoms with Crippen LogP contribution >= 0.6 is 0 Å². The molecule has 0 spiro atoms. The molecule has 1 aromatic rings. The van der Waals surface area contributed by atoms with Crippen molar-refractivity contribution in [3.8, 4) is 0 Å². The summed E-state index contributed by atoms with van der Waals surface area (Å²) >= 11 is 0. The molecule has 1 saturated heterocycles. The Bertz CT molecular complexity index is 331. The highest BCUT2D eigenvalue weighted by atomic mass is 15.1. The van der Waals surface area contributed by atoms with E-state index in [1.807, 2.05) is 12.4 Å². The van der Waals surface area contributed by atoms with Crippen molar-refractivity contribution in [2.24, 2.45) is 0 Å². The molecule has 18 heavy (non-hydrogen) atoms. The lowest BCUT2D eigenvalue weighted by atomic mass is 10.0. The van der Waals surface area contributed by atoms with Crippen molar-refractivity contribution >= 4 is 5.69 Å². The van der Waals surface area contributed by atoms with Crippen LogP contribution in [0.4, 0.5) is 5.69 Å². The molecular weight excluding hydrogens is 222 g/mol. The smallest absolute Gasteiger partial charge is 0.0397 e. The summed E-state index contributed by atoms with van der Waals surface area (Å²) < 4.78 is 0. The highest BCUT2D eigenvalue weighted by molar-refractivity contribution is 5.44. The summed E-state index contributed by atoms with van der Waals surface area (Å²) in [5.41, 5.74) is 1.31. The van der Waals surface area contributed by atoms with E-state index in [4.69, 9.17) is 0 Å². The van der Waals surface area contributed by atoms with Crippen molar-refractivity contribution in [1.82, 2.24) is 10.3 Å². The Hall–Kier alpha value is -1.09. The molecule has 1 unspecified atom stereocenters. The fraction of sp³-hybridized carbons (Fsp3) is 0.667. The largest absolute Gasteiger partial charge is 0.371 e. The highest BCUT2D eigenvalue weighted by Gasteiger charge is 2.20. The third kappa shape index (κ3) is 3.70. The zero-order valence-electron chi connectivity index (χ0n) is 11.6. The first kappa shape index (κ1) is 13.3. The van der Waals surface area contributed by atoms with Gasteiger partial charge in [0.05, 0.1) is 0 Å². The first-order chi connectivity index (χ1) is 8.79. The molecule has 3 nitrogen and oxygen atoms in total. The third-order valence-corrected chi connectivity index (χ3v) is 3.76. The van der Waals surface area contributed by atoms with Gasteiger partial charge in [0.2, 0.25) is 0 Å². The number of hydrogen-bond donors (Lipinski definition) is 1. The molecule has 1 fully saturated rings. The molecule has 0 aromatic carbocycles. The van der Waals surface area contributed by atoms with Crippen molar-refractivity contribution < 1.29 is 0 Å². The molecule has 2 rings (SSSR count). The van der Waals surface area contributed by atoms with Crippen LogP contribution in [0.5, 0.6) is 0 Å². The second-order valence-corrected chi connectivity index (χ2v) is 5.32. The highest BCUT2D eigenvalue weighted by Crippen LogP contribution is 2.19. The van der Waals surface area contributed by atoms with E-state index in [1.54, 1.807) is 0 Å². The van der Waals surface area contributed by atoms with Crippen molar-refractivity contribution in [3.63, 3.8) is 0 Å². The summed E-state index contributed by atoms with van der Waals surface area (Å²) in [4.78, 5) is 6.54. The topological polar surface area (TPSA) is 28.2 Å². The van der Waals surface area contributed by atoms with Crippen molar-refractivity contribution in [3.05, 3.63) is 24.5 Å². The number of nitrogens with zero attached hydrogens (tertiary/aromatic N) is 2. The first-order valence-corrected chi connectivity index (χ1v) is 7.20. The molecule has 1 aliphatic heterocycles. The van der Waals surface area contributed by atoms with Gasteiger partial charge in [-0.25, -0.2) is 0 Å². The number of anilines is 1. The second kappa shape index (κ2) is 6.74. The van der Waals surface area contributed by atoms with Gasteiger partial charge in [-0.3, -0.25) is 4.98 Å². The number of nitrogens with one attached hydrogen (secondary N) is 1. The van der Waals surface area contributed by atoms with E-state index in [-0.39, 0.29) is 0 Å². The number of pyridine rings is 1. The van der Waals surface area contributed by atoms with Crippen LogP contribution in [0.15, 0.2) is 24.5 Å². The van der Waals surface area contributed by atoms with Crippen molar-refractivity contribution in [2.45, 2.75) is 51.6 Å². The van der Waals surface area contributed by atoms with E-state index < -0.39 is 0 Å². The van der Waals surface area contributed by atoms with Gasteiger partial charge in [0.1, 0.15) is 0 Å². The number of rotatable bonds is 5. The van der Waals surface area contributed by atoms with Gasteiger partial charge in [-0.15, -0.1) is 0 Å². The van der Waals surface area contributed by atoms with Crippen LogP contribution < -0.4 is 10.2 Å². The maximum Gasteiger partial charge on any atom is 0.0397 e. The summed E-state index contributed by atoms with van der Waals surface area (Å²) in [6.07, 6.45) is 8.80. The average molecular weight is 247 g/mol. The van der Waals surface area contributed by atoms with Gasteiger partial charge in [0.15, 0.2) is 0 Å². The van der Waals surface area contributed by atoms with Crippen molar-refractivity contribution in [2.75, 3.05) is 18.0 Å². The summed E-state index contributed by atoms with van der Waals surface area (Å²) in [5.74, 6) is 0. The standard InChI is InChI=1S/C15H25N3/c1-3-4-13(2)17-14-7-11-18(12-8-14)15-5-9-16-10-6-15/h5-6,9-10,13-14,17H,3-4,7-8,11-12H2,1-2H3. The fourth-order valence-electron chi connectivity index (χ4n) is 2.78. The monoisotopic (exact) mass is 247 g/mol. The summed E-state index contributed by atoms with van der Waals surface area (Å²) in [6, 6.07) is 5.57. The van der Waals surface area contributed by atoms with Crippen LogP contribution in [-0.4, -0.2) is 30.2 Å². The lowest BCUT2D eigenvalue weighted by Gasteiger charge is -2.35. The minimum atomic E-state index is 0.660. The molecule has 0 saturated carbocycles. The molecule has 100 valence electrons. The minimum Gasteiger partial charge on any atom is -0.371 e. The van der Waals surface area contributed by atoms with E-state index in [1.165, 1.54) is 31.4 Å². The lowest BCUT2D eigenvalue weighted by molar-refractivity contribution is 0.365. The summed E-state index contributed by atoms with van der Waals surface area (Å²) in [5, 5.41) is 3.75. The normalized spacial score (nSPS) is 18.9. The third-order valence-electron chi connectivity index (χ3n) is 3.76. The SMILES string of the molecule is CCCC(C)NC1CCN(c2ccncc2)CC1. The van der Waals surface area contributed by atoms with Gasteiger partial charge < -0.3 is 10.2 Å². The van der Waals surface area contributed by atoms with E-state index in [0.717, 1.165) is 13.1 Å². The lowest BCUT2D eigenvalue weighted by Crippen LogP contribution is -2.45. The Morgan fingerprint density at radius 2 is 2.00 bits per heavy atom. The zero-order valence-corrected chi connectivity index (χ0v) is 11.6. The van der Waals surface area contributed by atoms with E-state index >= 15 is 0 Å². The predicted molar refractivity (Wildman–Crippen MR) is 77.0 cm³/mol. The molecule has 1 aliphatic rings. The number of hydrogen-bond acceptors (Lipinski definition) is 3. The molecular formula is C15H25N3. The van der Waals surface area contributed by atoms with E-state index in [9.17, 15) is 0 Å². The van der Waals surface area contributed by atoms with Crippen LogP contribution in [0.3, 0.4) is 0 Å². The Morgan fingerprint density at radius 1 is 1.33 bits per heavy atom. The molecule has 0 bridgehead atoms. The minimum absolute atomic E-state index is 0.660.